The van der Waals surface area contributed by atoms with E-state index in [1.807, 2.05) is 59.9 Å². The Morgan fingerprint density at radius 3 is 2.20 bits per heavy atom. The molecule has 41 heavy (non-hydrogen) atoms. The van der Waals surface area contributed by atoms with Crippen LogP contribution in [0.2, 0.25) is 0 Å². The maximum Gasteiger partial charge on any atom is 0.418 e. The van der Waals surface area contributed by atoms with E-state index >= 15 is 0 Å². The molecule has 0 saturated carbocycles. The Hall–Kier alpha value is -3.12. The highest BCUT2D eigenvalue weighted by Gasteiger charge is 2.32. The van der Waals surface area contributed by atoms with Crippen molar-refractivity contribution >= 4 is 23.0 Å². The Balaban J connectivity index is 1.66. The Morgan fingerprint density at radius 2 is 1.59 bits per heavy atom. The van der Waals surface area contributed by atoms with Gasteiger partial charge in [0.15, 0.2) is 0 Å². The Labute approximate surface area is 246 Å². The molecule has 2 atom stereocenters. The molecule has 0 unspecified atom stereocenters. The molecule has 3 aromatic rings. The highest BCUT2D eigenvalue weighted by molar-refractivity contribution is 5.94. The van der Waals surface area contributed by atoms with Gasteiger partial charge >= 0.3 is 12.1 Å². The summed E-state index contributed by atoms with van der Waals surface area (Å²) in [6.45, 7) is 21.0. The van der Waals surface area contributed by atoms with E-state index in [1.165, 1.54) is 16.7 Å². The molecular weight excluding hydrogens is 512 g/mol. The predicted octanol–water partition coefficient (Wildman–Crippen LogP) is 8.05. The first-order valence-electron chi connectivity index (χ1n) is 15.1. The third-order valence-electron chi connectivity index (χ3n) is 7.90. The van der Waals surface area contributed by atoms with Gasteiger partial charge in [-0.25, -0.2) is 9.59 Å². The number of rotatable bonds is 6. The molecule has 6 heteroatoms. The quantitative estimate of drug-likeness (QED) is 0.285. The van der Waals surface area contributed by atoms with E-state index in [9.17, 15) is 9.59 Å². The Kier molecular flexibility index (Phi) is 9.03. The van der Waals surface area contributed by atoms with Crippen molar-refractivity contribution in [3.63, 3.8) is 0 Å². The SMILES string of the molecule is CCCN1CC[C@@H](Cc2c(C)cc(C)c3c2ccn3C(=O)OC(C)(C)C)[C@H](c2ccc(C(=O)OC(C)(C)C)cc2)C1. The van der Waals surface area contributed by atoms with Crippen LogP contribution in [0.5, 0.6) is 0 Å². The van der Waals surface area contributed by atoms with Crippen LogP contribution in [0.4, 0.5) is 4.79 Å². The molecular formula is C35H48N2O4. The number of ether oxygens (including phenoxy) is 2. The molecule has 0 spiro atoms. The monoisotopic (exact) mass is 560 g/mol. The zero-order chi connectivity index (χ0) is 30.1. The minimum atomic E-state index is -0.562. The second-order valence-electron chi connectivity index (χ2n) is 13.7. The van der Waals surface area contributed by atoms with E-state index in [-0.39, 0.29) is 12.1 Å². The van der Waals surface area contributed by atoms with Gasteiger partial charge in [0.25, 0.3) is 0 Å². The van der Waals surface area contributed by atoms with E-state index in [0.717, 1.165) is 55.4 Å². The first-order valence-corrected chi connectivity index (χ1v) is 15.1. The number of carbonyl (C=O) groups is 2. The van der Waals surface area contributed by atoms with Crippen molar-refractivity contribution in [2.24, 2.45) is 5.92 Å². The maximum atomic E-state index is 13.1. The molecule has 6 nitrogen and oxygen atoms in total. The van der Waals surface area contributed by atoms with Crippen LogP contribution in [0.25, 0.3) is 10.9 Å². The summed E-state index contributed by atoms with van der Waals surface area (Å²) in [4.78, 5) is 28.3. The van der Waals surface area contributed by atoms with Crippen molar-refractivity contribution < 1.29 is 19.1 Å². The lowest BCUT2D eigenvalue weighted by molar-refractivity contribution is 0.00691. The minimum Gasteiger partial charge on any atom is -0.456 e. The number of nitrogens with zero attached hydrogens (tertiary/aromatic N) is 2. The number of aromatic nitrogens is 1. The fourth-order valence-corrected chi connectivity index (χ4v) is 6.18. The average molecular weight is 561 g/mol. The third kappa shape index (κ3) is 7.40. The van der Waals surface area contributed by atoms with Crippen LogP contribution < -0.4 is 0 Å². The Bertz CT molecular complexity index is 1390. The van der Waals surface area contributed by atoms with E-state index in [1.54, 1.807) is 4.57 Å². The molecule has 2 heterocycles. The molecule has 1 fully saturated rings. The molecule has 0 N–H and O–H groups in total. The average Bonchev–Trinajstić information content (AvgIpc) is 3.31. The molecule has 0 bridgehead atoms. The highest BCUT2D eigenvalue weighted by Crippen LogP contribution is 2.38. The normalized spacial score (nSPS) is 18.5. The van der Waals surface area contributed by atoms with Gasteiger partial charge in [-0.15, -0.1) is 0 Å². The summed E-state index contributed by atoms with van der Waals surface area (Å²) in [5.74, 6) is 0.487. The lowest BCUT2D eigenvalue weighted by atomic mass is 9.76. The molecule has 4 rings (SSSR count). The van der Waals surface area contributed by atoms with Crippen LogP contribution >= 0.6 is 0 Å². The topological polar surface area (TPSA) is 60.8 Å². The van der Waals surface area contributed by atoms with Crippen molar-refractivity contribution in [1.29, 1.82) is 0 Å². The number of esters is 1. The number of hydrogen-bond acceptors (Lipinski definition) is 5. The summed E-state index contributed by atoms with van der Waals surface area (Å²) in [6, 6.07) is 12.3. The molecule has 1 aliphatic rings. The Morgan fingerprint density at radius 1 is 0.927 bits per heavy atom. The molecule has 0 radical (unpaired) electrons. The standard InChI is InChI=1S/C35H48N2O4/c1-10-17-36-18-15-27(30(22-36)25-11-13-26(14-12-25)32(38)40-34(4,5)6)21-29-23(2)20-24(3)31-28(29)16-19-37(31)33(39)41-35(7,8)9/h11-14,16,19-20,27,30H,10,15,17-18,21-22H2,1-9H3/t27-,30-/m0/s1. The van der Waals surface area contributed by atoms with Crippen molar-refractivity contribution in [2.45, 2.75) is 98.7 Å². The largest absolute Gasteiger partial charge is 0.456 e. The molecule has 0 aliphatic carbocycles. The van der Waals surface area contributed by atoms with E-state index in [4.69, 9.17) is 9.47 Å². The van der Waals surface area contributed by atoms with Crippen molar-refractivity contribution in [3.05, 3.63) is 70.4 Å². The van der Waals surface area contributed by atoms with E-state index in [0.29, 0.717) is 17.4 Å². The van der Waals surface area contributed by atoms with Gasteiger partial charge in [-0.2, -0.15) is 0 Å². The van der Waals surface area contributed by atoms with Gasteiger partial charge in [0.2, 0.25) is 0 Å². The van der Waals surface area contributed by atoms with Gasteiger partial charge in [-0.1, -0.05) is 25.1 Å². The van der Waals surface area contributed by atoms with E-state index < -0.39 is 11.2 Å². The summed E-state index contributed by atoms with van der Waals surface area (Å²) < 4.78 is 13.0. The number of aryl methyl sites for hydroxylation is 2. The molecule has 2 aromatic carbocycles. The molecule has 1 aromatic heterocycles. The van der Waals surface area contributed by atoms with Crippen LogP contribution in [-0.4, -0.2) is 52.4 Å². The lowest BCUT2D eigenvalue weighted by Crippen LogP contribution is -2.40. The molecule has 1 aliphatic heterocycles. The minimum absolute atomic E-state index is 0.288. The zero-order valence-electron chi connectivity index (χ0n) is 26.5. The first-order chi connectivity index (χ1) is 19.2. The number of likely N-dealkylation sites (tertiary alicyclic amines) is 1. The summed E-state index contributed by atoms with van der Waals surface area (Å²) in [5.41, 5.74) is 5.32. The molecule has 0 amide bonds. The molecule has 1 saturated heterocycles. The predicted molar refractivity (Wildman–Crippen MR) is 166 cm³/mol. The van der Waals surface area contributed by atoms with Gasteiger partial charge in [0, 0.05) is 18.1 Å². The van der Waals surface area contributed by atoms with Crippen molar-refractivity contribution in [2.75, 3.05) is 19.6 Å². The van der Waals surface area contributed by atoms with E-state index in [2.05, 4.69) is 49.9 Å². The molecule has 222 valence electrons. The van der Waals surface area contributed by atoms with Gasteiger partial charge in [-0.05, 0) is 140 Å². The summed E-state index contributed by atoms with van der Waals surface area (Å²) >= 11 is 0. The summed E-state index contributed by atoms with van der Waals surface area (Å²) in [5, 5.41) is 1.13. The van der Waals surface area contributed by atoms with Gasteiger partial charge in [0.1, 0.15) is 11.2 Å². The maximum absolute atomic E-state index is 13.1. The van der Waals surface area contributed by atoms with Crippen LogP contribution in [0.1, 0.15) is 99.8 Å². The number of fused-ring (bicyclic) bond motifs is 1. The second kappa shape index (κ2) is 12.0. The third-order valence-corrected chi connectivity index (χ3v) is 7.90. The van der Waals surface area contributed by atoms with Crippen LogP contribution in [0.3, 0.4) is 0 Å². The van der Waals surface area contributed by atoms with Crippen LogP contribution in [0, 0.1) is 19.8 Å². The summed E-state index contributed by atoms with van der Waals surface area (Å²) in [6.07, 6.45) is 4.66. The highest BCUT2D eigenvalue weighted by atomic mass is 16.6. The fourth-order valence-electron chi connectivity index (χ4n) is 6.18. The number of hydrogen-bond donors (Lipinski definition) is 0. The number of carbonyl (C=O) groups excluding carboxylic acids is 2. The van der Waals surface area contributed by atoms with Crippen molar-refractivity contribution in [3.8, 4) is 0 Å². The fraction of sp³-hybridized carbons (Fsp3) is 0.543. The lowest BCUT2D eigenvalue weighted by Gasteiger charge is -2.39. The number of benzene rings is 2. The smallest absolute Gasteiger partial charge is 0.418 e. The van der Waals surface area contributed by atoms with Crippen LogP contribution in [-0.2, 0) is 15.9 Å². The zero-order valence-corrected chi connectivity index (χ0v) is 26.5. The first kappa shape index (κ1) is 30.8. The van der Waals surface area contributed by atoms with Crippen molar-refractivity contribution in [1.82, 2.24) is 9.47 Å². The van der Waals surface area contributed by atoms with Gasteiger partial charge in [-0.3, -0.25) is 4.57 Å². The van der Waals surface area contributed by atoms with Gasteiger partial charge in [0.05, 0.1) is 11.1 Å². The summed E-state index contributed by atoms with van der Waals surface area (Å²) in [7, 11) is 0. The number of piperidine rings is 1. The van der Waals surface area contributed by atoms with Gasteiger partial charge < -0.3 is 14.4 Å². The second-order valence-corrected chi connectivity index (χ2v) is 13.7. The van der Waals surface area contributed by atoms with Crippen LogP contribution in [0.15, 0.2) is 42.6 Å².